The maximum absolute atomic E-state index is 13.7. The van der Waals surface area contributed by atoms with Crippen molar-refractivity contribution in [3.63, 3.8) is 0 Å². The summed E-state index contributed by atoms with van der Waals surface area (Å²) in [6.45, 7) is 1.77. The highest BCUT2D eigenvalue weighted by Crippen LogP contribution is 2.33. The molecule has 0 spiro atoms. The second kappa shape index (κ2) is 27.0. The highest BCUT2D eigenvalue weighted by atomic mass is 35.5. The number of carbonyl (C=O) groups excluding carboxylic acids is 3. The smallest absolute Gasteiger partial charge is 0.278 e. The van der Waals surface area contributed by atoms with Crippen molar-refractivity contribution >= 4 is 39.6 Å². The summed E-state index contributed by atoms with van der Waals surface area (Å²) in [5.74, 6) is -0.0957. The van der Waals surface area contributed by atoms with Crippen molar-refractivity contribution in [3.05, 3.63) is 0 Å². The van der Waals surface area contributed by atoms with Crippen LogP contribution in [-0.2, 0) is 14.4 Å². The van der Waals surface area contributed by atoms with Crippen molar-refractivity contribution in [1.82, 2.24) is 4.90 Å². The Morgan fingerprint density at radius 3 is 1.43 bits per heavy atom. The quantitative estimate of drug-likeness (QED) is 0.0505. The van der Waals surface area contributed by atoms with Gasteiger partial charge in [-0.05, 0) is 42.5 Å². The van der Waals surface area contributed by atoms with E-state index >= 15 is 0 Å². The van der Waals surface area contributed by atoms with Crippen LogP contribution in [0.4, 0.5) is 0 Å². The monoisotopic (exact) mass is 656 g/mol. The fraction of sp³-hybridized carbons (Fsp3) is 0.912. The zero-order valence-electron chi connectivity index (χ0n) is 29.3. The van der Waals surface area contributed by atoms with Gasteiger partial charge in [-0.15, -0.1) is 0 Å². The highest BCUT2D eigenvalue weighted by molar-refractivity contribution is 6.66. The first-order valence-electron chi connectivity index (χ1n) is 18.0. The van der Waals surface area contributed by atoms with Crippen molar-refractivity contribution in [1.29, 1.82) is 0 Å². The van der Waals surface area contributed by atoms with E-state index in [1.165, 1.54) is 51.4 Å². The van der Waals surface area contributed by atoms with Crippen LogP contribution in [0.2, 0.25) is 0 Å². The van der Waals surface area contributed by atoms with E-state index in [0.29, 0.717) is 31.2 Å². The van der Waals surface area contributed by atoms with Gasteiger partial charge in [-0.3, -0.25) is 14.4 Å². The first-order valence-corrected chi connectivity index (χ1v) is 17.3. The maximum Gasteiger partial charge on any atom is 0.278 e. The number of hydrogen-bond acceptors (Lipinski definition) is 3. The summed E-state index contributed by atoms with van der Waals surface area (Å²) in [7, 11) is 5.89. The molecule has 1 atom stereocenters. The zero-order valence-corrected chi connectivity index (χ0v) is 29.6. The molecule has 5 nitrogen and oxygen atoms in total. The molecule has 0 bridgehead atoms. The number of carbonyl (C=O) groups is 3. The van der Waals surface area contributed by atoms with Crippen LogP contribution >= 0.6 is 23.2 Å². The molecule has 0 saturated heterocycles. The molecule has 42 heavy (non-hydrogen) atoms. The Balaban J connectivity index is 0. The molecule has 0 heterocycles. The summed E-state index contributed by atoms with van der Waals surface area (Å²) < 4.78 is 14.9. The number of rotatable bonds is 29. The molecule has 0 N–H and O–H groups in total. The van der Waals surface area contributed by atoms with E-state index in [1.807, 2.05) is 21.1 Å². The van der Waals surface area contributed by atoms with Gasteiger partial charge in [0.15, 0.2) is 6.54 Å². The van der Waals surface area contributed by atoms with Gasteiger partial charge in [-0.1, -0.05) is 136 Å². The third-order valence-corrected chi connectivity index (χ3v) is 8.54. The van der Waals surface area contributed by atoms with Crippen LogP contribution in [0.3, 0.4) is 0 Å². The van der Waals surface area contributed by atoms with Gasteiger partial charge < -0.3 is 21.8 Å². The molecular weight excluding hydrogens is 591 g/mol. The molecule has 0 aromatic carbocycles. The van der Waals surface area contributed by atoms with E-state index in [-0.39, 0.29) is 37.7 Å². The van der Waals surface area contributed by atoms with E-state index in [1.54, 1.807) is 4.90 Å². The van der Waals surface area contributed by atoms with Gasteiger partial charge in [0.1, 0.15) is 5.54 Å². The number of amides is 1. The number of halogens is 3. The van der Waals surface area contributed by atoms with Crippen molar-refractivity contribution in [3.8, 4) is 0 Å². The minimum Gasteiger partial charge on any atom is -1.00 e. The average Bonchev–Trinajstić information content (AvgIpc) is 2.93. The Hall–Kier alpha value is -0.360. The molecular formula is C34H65Cl3N2O3. The first kappa shape index (κ1) is 39.7. The maximum atomic E-state index is 13.7. The number of nitrogens with zero attached hydrogens (tertiary/aromatic N) is 2. The van der Waals surface area contributed by atoms with Gasteiger partial charge in [-0.2, -0.15) is 0 Å². The van der Waals surface area contributed by atoms with Gasteiger partial charge in [0, 0.05) is 15.7 Å². The Labute approximate surface area is 279 Å². The topological polar surface area (TPSA) is 54.5 Å². The first-order chi connectivity index (χ1) is 20.5. The van der Waals surface area contributed by atoms with Crippen molar-refractivity contribution in [2.24, 2.45) is 0 Å². The van der Waals surface area contributed by atoms with Crippen LogP contribution in [0.5, 0.6) is 0 Å². The Morgan fingerprint density at radius 2 is 1.05 bits per heavy atom. The second-order valence-electron chi connectivity index (χ2n) is 13.0. The van der Waals surface area contributed by atoms with Crippen LogP contribution in [0.1, 0.15) is 164 Å². The molecule has 0 fully saturated rings. The van der Waals surface area contributed by atoms with Crippen LogP contribution in [0.25, 0.3) is 0 Å². The lowest BCUT2D eigenvalue weighted by molar-refractivity contribution is -0.862. The summed E-state index contributed by atoms with van der Waals surface area (Å²) in [4.78, 5) is 40.5. The van der Waals surface area contributed by atoms with Gasteiger partial charge >= 0.3 is 0 Å². The average molecular weight is 658 g/mol. The molecule has 0 aliphatic heterocycles. The number of likely N-dealkylation sites (N-methyl/N-ethyl adjacent to an activating group) is 1. The summed E-state index contributed by atoms with van der Waals surface area (Å²) in [5.41, 5.74) is -1.21. The molecule has 1 amide bonds. The molecule has 250 valence electrons. The molecule has 0 radical (unpaired) electrons. The van der Waals surface area contributed by atoms with E-state index in [2.05, 4.69) is 0 Å². The molecule has 0 aliphatic rings. The predicted octanol–water partition coefficient (Wildman–Crippen LogP) is 6.81. The van der Waals surface area contributed by atoms with Crippen LogP contribution < -0.4 is 12.4 Å². The SMILES string of the molecule is [2H]CCCCCCCCCCCCN(C(=O)C[N+](C)(C)C)[C@@](CCCCCCCCCCCC[2H])(CCC(=O)Cl)C(=O)Cl.[Cl-]. The fourth-order valence-corrected chi connectivity index (χ4v) is 5.97. The minimum atomic E-state index is -1.21. The van der Waals surface area contributed by atoms with Gasteiger partial charge in [0.05, 0.1) is 21.1 Å². The van der Waals surface area contributed by atoms with Crippen molar-refractivity contribution < 1.29 is 34.0 Å². The van der Waals surface area contributed by atoms with E-state index in [9.17, 15) is 14.4 Å². The van der Waals surface area contributed by atoms with Crippen LogP contribution in [0.15, 0.2) is 0 Å². The van der Waals surface area contributed by atoms with E-state index in [0.717, 1.165) is 77.0 Å². The Morgan fingerprint density at radius 1 is 0.643 bits per heavy atom. The third kappa shape index (κ3) is 22.2. The third-order valence-electron chi connectivity index (χ3n) is 8.00. The molecule has 0 aliphatic carbocycles. The van der Waals surface area contributed by atoms with Crippen molar-refractivity contribution in [2.45, 2.75) is 167 Å². The predicted molar refractivity (Wildman–Crippen MR) is 177 cm³/mol. The normalized spacial score (nSPS) is 13.5. The molecule has 0 aromatic rings. The van der Waals surface area contributed by atoms with Crippen LogP contribution in [0, 0.1) is 0 Å². The molecule has 0 saturated carbocycles. The van der Waals surface area contributed by atoms with Crippen LogP contribution in [-0.4, -0.2) is 65.5 Å². The van der Waals surface area contributed by atoms with Crippen molar-refractivity contribution in [2.75, 3.05) is 34.2 Å². The number of quaternary nitrogens is 1. The minimum absolute atomic E-state index is 0. The molecule has 8 heteroatoms. The Bertz CT molecular complexity index is 741. The molecule has 0 aromatic heterocycles. The molecule has 0 rings (SSSR count). The summed E-state index contributed by atoms with van der Waals surface area (Å²) in [6, 6.07) is 0. The second-order valence-corrected chi connectivity index (χ2v) is 13.7. The van der Waals surface area contributed by atoms with E-state index in [4.69, 9.17) is 25.9 Å². The summed E-state index contributed by atoms with van der Waals surface area (Å²) in [6.07, 6.45) is 22.7. The lowest BCUT2D eigenvalue weighted by Crippen LogP contribution is -3.00. The summed E-state index contributed by atoms with van der Waals surface area (Å²) >= 11 is 12.1. The lowest BCUT2D eigenvalue weighted by atomic mass is 9.85. The highest BCUT2D eigenvalue weighted by Gasteiger charge is 2.45. The number of unbranched alkanes of at least 4 members (excludes halogenated alkanes) is 18. The van der Waals surface area contributed by atoms with E-state index < -0.39 is 16.0 Å². The summed E-state index contributed by atoms with van der Waals surface area (Å²) in [5, 5.41) is -1.07. The fourth-order valence-electron chi connectivity index (χ4n) is 5.59. The van der Waals surface area contributed by atoms with Gasteiger partial charge in [0.2, 0.25) is 10.5 Å². The number of hydrogen-bond donors (Lipinski definition) is 0. The largest absolute Gasteiger partial charge is 1.00 e. The molecule has 0 unspecified atom stereocenters. The van der Waals surface area contributed by atoms with Gasteiger partial charge in [0.25, 0.3) is 5.91 Å². The zero-order chi connectivity index (χ0) is 32.4. The lowest BCUT2D eigenvalue weighted by Gasteiger charge is -2.42. The standard InChI is InChI=1S/C34H65Cl2N2O3.ClH/c1-6-8-10-12-14-16-18-20-22-24-27-34(33(36)41,28-26-31(35)39)37(32(40)30-38(3,4)5)29-25-23-21-19-17-15-13-11-9-7-2;/h6-30H2,1-5H3;1H/q+1;/p-1/t34-;/m0./s1/i1D,2D;. The van der Waals surface area contributed by atoms with Gasteiger partial charge in [-0.25, -0.2) is 0 Å². The Kier molecular flexibility index (Phi) is 25.5.